The predicted molar refractivity (Wildman–Crippen MR) is 57.8 cm³/mol. The van der Waals surface area contributed by atoms with Crippen LogP contribution in [0.5, 0.6) is 0 Å². The number of ether oxygens (including phenoxy) is 1. The highest BCUT2D eigenvalue weighted by atomic mass is 16.5. The maximum absolute atomic E-state index is 5.37. The first-order valence-electron chi connectivity index (χ1n) is 4.85. The van der Waals surface area contributed by atoms with E-state index in [0.29, 0.717) is 0 Å². The van der Waals surface area contributed by atoms with Crippen molar-refractivity contribution in [2.24, 2.45) is 4.99 Å². The summed E-state index contributed by atoms with van der Waals surface area (Å²) in [6.07, 6.45) is 7.90. The molecule has 0 spiro atoms. The fourth-order valence-corrected chi connectivity index (χ4v) is 1.35. The molecule has 1 aromatic carbocycles. The second-order valence-corrected chi connectivity index (χ2v) is 3.24. The predicted octanol–water partition coefficient (Wildman–Crippen LogP) is 3.08. The largest absolute Gasteiger partial charge is 0.493 e. The summed E-state index contributed by atoms with van der Waals surface area (Å²) in [5.41, 5.74) is 0.977. The molecule has 0 amide bonds. The number of allylic oxidation sites excluding steroid dienone is 1. The molecule has 0 saturated heterocycles. The minimum atomic E-state index is 0.139. The molecule has 1 aliphatic heterocycles. The molecule has 2 nitrogen and oxygen atoms in total. The van der Waals surface area contributed by atoms with Crippen molar-refractivity contribution in [3.05, 3.63) is 42.7 Å². The monoisotopic (exact) mass is 187 g/mol. The Morgan fingerprint density at radius 2 is 2.14 bits per heavy atom. The Labute approximate surface area is 83.9 Å². The number of benzene rings is 1. The summed E-state index contributed by atoms with van der Waals surface area (Å²) in [7, 11) is 0. The van der Waals surface area contributed by atoms with Crippen LogP contribution < -0.4 is 0 Å². The van der Waals surface area contributed by atoms with Gasteiger partial charge in [0.2, 0.25) is 0 Å². The van der Waals surface area contributed by atoms with Crippen molar-refractivity contribution in [2.45, 2.75) is 18.9 Å². The minimum Gasteiger partial charge on any atom is -0.493 e. The average molecular weight is 187 g/mol. The number of hydrogen-bond donors (Lipinski definition) is 0. The Hall–Kier alpha value is -1.57. The fourth-order valence-electron chi connectivity index (χ4n) is 1.35. The second-order valence-electron chi connectivity index (χ2n) is 3.24. The lowest BCUT2D eigenvalue weighted by Crippen LogP contribution is -2.13. The highest BCUT2D eigenvalue weighted by Crippen LogP contribution is 2.12. The molecule has 1 atom stereocenters. The first kappa shape index (κ1) is 9.00. The zero-order chi connectivity index (χ0) is 9.64. The molecule has 2 rings (SSSR count). The van der Waals surface area contributed by atoms with Crippen LogP contribution in [0.1, 0.15) is 12.8 Å². The maximum Gasteiger partial charge on any atom is 0.133 e. The minimum absolute atomic E-state index is 0.139. The van der Waals surface area contributed by atoms with E-state index in [-0.39, 0.29) is 6.10 Å². The van der Waals surface area contributed by atoms with Crippen molar-refractivity contribution in [1.82, 2.24) is 0 Å². The standard InChI is InChI=1S/C12H13NO/c1-2-6-11(7-3-1)13-10-12-8-4-5-9-14-12/h1-3,5-7,9-10,12H,4,8H2/t12-/m0/s1. The summed E-state index contributed by atoms with van der Waals surface area (Å²) >= 11 is 0. The first-order chi connectivity index (χ1) is 6.95. The van der Waals surface area contributed by atoms with Crippen molar-refractivity contribution < 1.29 is 4.74 Å². The van der Waals surface area contributed by atoms with E-state index < -0.39 is 0 Å². The normalized spacial score (nSPS) is 21.0. The van der Waals surface area contributed by atoms with E-state index in [4.69, 9.17) is 4.74 Å². The van der Waals surface area contributed by atoms with Crippen LogP contribution in [0.25, 0.3) is 0 Å². The number of para-hydroxylation sites is 1. The number of rotatable bonds is 2. The van der Waals surface area contributed by atoms with Gasteiger partial charge in [-0.05, 0) is 31.1 Å². The van der Waals surface area contributed by atoms with Crippen LogP contribution >= 0.6 is 0 Å². The molecule has 72 valence electrons. The van der Waals surface area contributed by atoms with Crippen molar-refractivity contribution in [3.8, 4) is 0 Å². The third-order valence-corrected chi connectivity index (χ3v) is 2.11. The third kappa shape index (κ3) is 2.46. The van der Waals surface area contributed by atoms with Crippen LogP contribution in [0.2, 0.25) is 0 Å². The van der Waals surface area contributed by atoms with Gasteiger partial charge in [0.25, 0.3) is 0 Å². The van der Waals surface area contributed by atoms with Gasteiger partial charge in [-0.1, -0.05) is 18.2 Å². The highest BCUT2D eigenvalue weighted by molar-refractivity contribution is 5.67. The molecule has 0 unspecified atom stereocenters. The average Bonchev–Trinajstić information content (AvgIpc) is 2.29. The molecule has 0 fully saturated rings. The van der Waals surface area contributed by atoms with Gasteiger partial charge >= 0.3 is 0 Å². The zero-order valence-corrected chi connectivity index (χ0v) is 7.97. The lowest BCUT2D eigenvalue weighted by Gasteiger charge is -2.14. The topological polar surface area (TPSA) is 21.6 Å². The summed E-state index contributed by atoms with van der Waals surface area (Å²) in [6.45, 7) is 0. The Balaban J connectivity index is 1.97. The molecule has 0 aromatic heterocycles. The number of hydrogen-bond acceptors (Lipinski definition) is 2. The lowest BCUT2D eigenvalue weighted by atomic mass is 10.2. The van der Waals surface area contributed by atoms with E-state index in [2.05, 4.69) is 4.99 Å². The molecule has 1 heterocycles. The molecule has 0 saturated carbocycles. The summed E-state index contributed by atoms with van der Waals surface area (Å²) in [5.74, 6) is 0. The summed E-state index contributed by atoms with van der Waals surface area (Å²) in [5, 5.41) is 0. The van der Waals surface area contributed by atoms with Crippen LogP contribution in [-0.2, 0) is 4.74 Å². The molecular formula is C12H13NO. The molecular weight excluding hydrogens is 174 g/mol. The molecule has 0 radical (unpaired) electrons. The third-order valence-electron chi connectivity index (χ3n) is 2.11. The van der Waals surface area contributed by atoms with Gasteiger partial charge in [-0.25, -0.2) is 0 Å². The number of aliphatic imine (C=N–C) groups is 1. The summed E-state index contributed by atoms with van der Waals surface area (Å²) < 4.78 is 5.37. The maximum atomic E-state index is 5.37. The quantitative estimate of drug-likeness (QED) is 0.652. The first-order valence-corrected chi connectivity index (χ1v) is 4.85. The van der Waals surface area contributed by atoms with Gasteiger partial charge in [-0.3, -0.25) is 4.99 Å². The van der Waals surface area contributed by atoms with Crippen LogP contribution in [0.15, 0.2) is 47.7 Å². The SMILES string of the molecule is C1=CO[C@H](C=Nc2ccccc2)CC1. The lowest BCUT2D eigenvalue weighted by molar-refractivity contribution is 0.185. The van der Waals surface area contributed by atoms with Gasteiger partial charge in [0.05, 0.1) is 11.9 Å². The van der Waals surface area contributed by atoms with E-state index in [1.165, 1.54) is 0 Å². The van der Waals surface area contributed by atoms with E-state index in [9.17, 15) is 0 Å². The van der Waals surface area contributed by atoms with Gasteiger partial charge in [0, 0.05) is 6.21 Å². The van der Waals surface area contributed by atoms with Crippen molar-refractivity contribution in [1.29, 1.82) is 0 Å². The fraction of sp³-hybridized carbons (Fsp3) is 0.250. The van der Waals surface area contributed by atoms with Crippen LogP contribution in [-0.4, -0.2) is 12.3 Å². The number of nitrogens with zero attached hydrogens (tertiary/aromatic N) is 1. The molecule has 14 heavy (non-hydrogen) atoms. The highest BCUT2D eigenvalue weighted by Gasteiger charge is 2.06. The second kappa shape index (κ2) is 4.61. The van der Waals surface area contributed by atoms with Crippen LogP contribution in [0.3, 0.4) is 0 Å². The summed E-state index contributed by atoms with van der Waals surface area (Å²) in [4.78, 5) is 4.35. The van der Waals surface area contributed by atoms with Crippen LogP contribution in [0.4, 0.5) is 5.69 Å². The molecule has 1 aliphatic rings. The molecule has 0 N–H and O–H groups in total. The Morgan fingerprint density at radius 3 is 2.86 bits per heavy atom. The smallest absolute Gasteiger partial charge is 0.133 e. The Bertz CT molecular complexity index is 329. The van der Waals surface area contributed by atoms with Crippen molar-refractivity contribution >= 4 is 11.9 Å². The van der Waals surface area contributed by atoms with Gasteiger partial charge in [-0.2, -0.15) is 0 Å². The van der Waals surface area contributed by atoms with E-state index in [1.807, 2.05) is 42.6 Å². The van der Waals surface area contributed by atoms with Gasteiger partial charge < -0.3 is 4.74 Å². The van der Waals surface area contributed by atoms with E-state index >= 15 is 0 Å². The van der Waals surface area contributed by atoms with Gasteiger partial charge in [-0.15, -0.1) is 0 Å². The molecule has 0 aliphatic carbocycles. The van der Waals surface area contributed by atoms with Crippen LogP contribution in [0, 0.1) is 0 Å². The van der Waals surface area contributed by atoms with Crippen molar-refractivity contribution in [2.75, 3.05) is 0 Å². The summed E-state index contributed by atoms with van der Waals surface area (Å²) in [6, 6.07) is 9.91. The Kier molecular flexibility index (Phi) is 2.96. The molecule has 2 heteroatoms. The van der Waals surface area contributed by atoms with E-state index in [0.717, 1.165) is 18.5 Å². The van der Waals surface area contributed by atoms with Gasteiger partial charge in [0.1, 0.15) is 6.10 Å². The zero-order valence-electron chi connectivity index (χ0n) is 7.97. The molecule has 1 aromatic rings. The molecule has 0 bridgehead atoms. The van der Waals surface area contributed by atoms with Crippen molar-refractivity contribution in [3.63, 3.8) is 0 Å². The van der Waals surface area contributed by atoms with E-state index in [1.54, 1.807) is 6.26 Å². The Morgan fingerprint density at radius 1 is 1.29 bits per heavy atom. The van der Waals surface area contributed by atoms with Gasteiger partial charge in [0.15, 0.2) is 0 Å².